The van der Waals surface area contributed by atoms with Crippen molar-refractivity contribution in [1.29, 1.82) is 0 Å². The summed E-state index contributed by atoms with van der Waals surface area (Å²) in [6, 6.07) is 4.93. The smallest absolute Gasteiger partial charge is 0.263 e. The van der Waals surface area contributed by atoms with Gasteiger partial charge in [-0.2, -0.15) is 0 Å². The van der Waals surface area contributed by atoms with Gasteiger partial charge in [0.15, 0.2) is 0 Å². The summed E-state index contributed by atoms with van der Waals surface area (Å²) in [6.07, 6.45) is 2.21. The Bertz CT molecular complexity index is 614. The molecule has 0 bridgehead atoms. The van der Waals surface area contributed by atoms with Crippen molar-refractivity contribution < 1.29 is 14.3 Å². The van der Waals surface area contributed by atoms with Gasteiger partial charge in [0.1, 0.15) is 0 Å². The van der Waals surface area contributed by atoms with Gasteiger partial charge in [-0.05, 0) is 38.3 Å². The molecule has 1 aromatic carbocycles. The van der Waals surface area contributed by atoms with Gasteiger partial charge < -0.3 is 10.5 Å². The van der Waals surface area contributed by atoms with Crippen LogP contribution in [0.4, 0.5) is 5.69 Å². The summed E-state index contributed by atoms with van der Waals surface area (Å²) >= 11 is 0. The molecule has 3 rings (SSSR count). The second-order valence-corrected chi connectivity index (χ2v) is 6.05. The van der Waals surface area contributed by atoms with Gasteiger partial charge in [-0.15, -0.1) is 0 Å². The molecule has 0 radical (unpaired) electrons. The lowest BCUT2D eigenvalue weighted by Crippen LogP contribution is -2.49. The topological polar surface area (TPSA) is 72.6 Å². The highest BCUT2D eigenvalue weighted by molar-refractivity contribution is 6.23. The largest absolute Gasteiger partial charge is 0.398 e. The molecule has 112 valence electrons. The van der Waals surface area contributed by atoms with E-state index in [0.29, 0.717) is 36.3 Å². The molecule has 1 fully saturated rings. The fraction of sp³-hybridized carbons (Fsp3) is 0.500. The number of nitrogens with two attached hydrogens (primary N) is 1. The molecule has 2 N–H and O–H groups in total. The van der Waals surface area contributed by atoms with E-state index in [1.165, 1.54) is 4.90 Å². The number of hydrogen-bond acceptors (Lipinski definition) is 4. The first-order valence-corrected chi connectivity index (χ1v) is 7.37. The van der Waals surface area contributed by atoms with Crippen LogP contribution in [0.1, 0.15) is 53.8 Å². The Morgan fingerprint density at radius 1 is 1.38 bits per heavy atom. The fourth-order valence-corrected chi connectivity index (χ4v) is 3.23. The van der Waals surface area contributed by atoms with Crippen LogP contribution in [0.3, 0.4) is 0 Å². The van der Waals surface area contributed by atoms with Gasteiger partial charge in [-0.3, -0.25) is 14.5 Å². The van der Waals surface area contributed by atoms with Gasteiger partial charge in [0.2, 0.25) is 0 Å². The Labute approximate surface area is 124 Å². The highest BCUT2D eigenvalue weighted by atomic mass is 16.5. The minimum absolute atomic E-state index is 0.115. The Hall–Kier alpha value is -1.88. The summed E-state index contributed by atoms with van der Waals surface area (Å²) in [5.41, 5.74) is 6.75. The Morgan fingerprint density at radius 3 is 2.81 bits per heavy atom. The van der Waals surface area contributed by atoms with Crippen molar-refractivity contribution >= 4 is 17.5 Å². The molecule has 0 saturated carbocycles. The number of amides is 2. The minimum Gasteiger partial charge on any atom is -0.398 e. The van der Waals surface area contributed by atoms with E-state index in [2.05, 4.69) is 6.92 Å². The highest BCUT2D eigenvalue weighted by Crippen LogP contribution is 2.36. The van der Waals surface area contributed by atoms with Gasteiger partial charge in [-0.25, -0.2) is 0 Å². The highest BCUT2D eigenvalue weighted by Gasteiger charge is 2.44. The molecule has 0 spiro atoms. The molecular weight excluding hydrogens is 268 g/mol. The SMILES string of the molecule is CCC1(C)CC(N2C(=O)c3cccc(N)c3C2=O)CCO1. The first-order valence-electron chi connectivity index (χ1n) is 7.37. The van der Waals surface area contributed by atoms with E-state index in [1.807, 2.05) is 6.92 Å². The molecule has 1 saturated heterocycles. The van der Waals surface area contributed by atoms with E-state index in [4.69, 9.17) is 10.5 Å². The minimum atomic E-state index is -0.274. The molecule has 5 nitrogen and oxygen atoms in total. The van der Waals surface area contributed by atoms with Gasteiger partial charge in [-0.1, -0.05) is 13.0 Å². The lowest BCUT2D eigenvalue weighted by Gasteiger charge is -2.40. The van der Waals surface area contributed by atoms with E-state index < -0.39 is 0 Å². The average molecular weight is 288 g/mol. The first-order chi connectivity index (χ1) is 9.97. The lowest BCUT2D eigenvalue weighted by molar-refractivity contribution is -0.0876. The standard InChI is InChI=1S/C16H20N2O3/c1-3-16(2)9-10(7-8-21-16)18-14(19)11-5-4-6-12(17)13(11)15(18)20/h4-6,10H,3,7-9,17H2,1-2H3. The van der Waals surface area contributed by atoms with Crippen LogP contribution in [0.15, 0.2) is 18.2 Å². The van der Waals surface area contributed by atoms with E-state index in [-0.39, 0.29) is 23.5 Å². The summed E-state index contributed by atoms with van der Waals surface area (Å²) < 4.78 is 5.80. The van der Waals surface area contributed by atoms with Crippen molar-refractivity contribution in [3.05, 3.63) is 29.3 Å². The van der Waals surface area contributed by atoms with Gasteiger partial charge in [0.25, 0.3) is 11.8 Å². The number of anilines is 1. The quantitative estimate of drug-likeness (QED) is 0.669. The first kappa shape index (κ1) is 14.1. The third kappa shape index (κ3) is 2.12. The number of imide groups is 1. The maximum atomic E-state index is 12.6. The van der Waals surface area contributed by atoms with Crippen LogP contribution in [-0.4, -0.2) is 35.0 Å². The molecule has 2 aliphatic rings. The second kappa shape index (κ2) is 4.84. The molecule has 2 heterocycles. The van der Waals surface area contributed by atoms with Crippen LogP contribution >= 0.6 is 0 Å². The Morgan fingerprint density at radius 2 is 2.14 bits per heavy atom. The van der Waals surface area contributed by atoms with Crippen molar-refractivity contribution in [2.75, 3.05) is 12.3 Å². The van der Waals surface area contributed by atoms with Crippen molar-refractivity contribution in [1.82, 2.24) is 4.90 Å². The maximum absolute atomic E-state index is 12.6. The molecule has 2 amide bonds. The van der Waals surface area contributed by atoms with Crippen molar-refractivity contribution in [2.45, 2.75) is 44.8 Å². The predicted molar refractivity (Wildman–Crippen MR) is 79.0 cm³/mol. The molecule has 5 heteroatoms. The molecule has 21 heavy (non-hydrogen) atoms. The average Bonchev–Trinajstić information content (AvgIpc) is 2.72. The Balaban J connectivity index is 1.93. The molecule has 0 aliphatic carbocycles. The number of hydrogen-bond donors (Lipinski definition) is 1. The summed E-state index contributed by atoms with van der Waals surface area (Å²) in [4.78, 5) is 26.6. The monoisotopic (exact) mass is 288 g/mol. The molecule has 2 aliphatic heterocycles. The maximum Gasteiger partial charge on any atom is 0.263 e. The van der Waals surface area contributed by atoms with Crippen LogP contribution in [0.5, 0.6) is 0 Å². The summed E-state index contributed by atoms with van der Waals surface area (Å²) in [6.45, 7) is 4.66. The zero-order valence-electron chi connectivity index (χ0n) is 12.4. The van der Waals surface area contributed by atoms with Crippen LogP contribution in [0, 0.1) is 0 Å². The summed E-state index contributed by atoms with van der Waals surface area (Å²) in [5, 5.41) is 0. The van der Waals surface area contributed by atoms with Crippen molar-refractivity contribution in [3.8, 4) is 0 Å². The molecule has 2 atom stereocenters. The Kier molecular flexibility index (Phi) is 3.24. The number of nitrogens with zero attached hydrogens (tertiary/aromatic N) is 1. The second-order valence-electron chi connectivity index (χ2n) is 6.05. The van der Waals surface area contributed by atoms with Crippen molar-refractivity contribution in [3.63, 3.8) is 0 Å². The van der Waals surface area contributed by atoms with Crippen LogP contribution in [-0.2, 0) is 4.74 Å². The van der Waals surface area contributed by atoms with E-state index in [1.54, 1.807) is 18.2 Å². The van der Waals surface area contributed by atoms with Crippen molar-refractivity contribution in [2.24, 2.45) is 0 Å². The predicted octanol–water partition coefficient (Wildman–Crippen LogP) is 2.21. The summed E-state index contributed by atoms with van der Waals surface area (Å²) in [7, 11) is 0. The van der Waals surface area contributed by atoms with Gasteiger partial charge in [0.05, 0.1) is 16.7 Å². The third-order valence-electron chi connectivity index (χ3n) is 4.66. The third-order valence-corrected chi connectivity index (χ3v) is 4.66. The summed E-state index contributed by atoms with van der Waals surface area (Å²) in [5.74, 6) is -0.494. The van der Waals surface area contributed by atoms with E-state index >= 15 is 0 Å². The van der Waals surface area contributed by atoms with E-state index in [9.17, 15) is 9.59 Å². The fourth-order valence-electron chi connectivity index (χ4n) is 3.23. The normalized spacial score (nSPS) is 28.9. The lowest BCUT2D eigenvalue weighted by atomic mass is 9.89. The number of fused-ring (bicyclic) bond motifs is 1. The molecular formula is C16H20N2O3. The van der Waals surface area contributed by atoms with Crippen LogP contribution in [0.2, 0.25) is 0 Å². The molecule has 2 unspecified atom stereocenters. The number of carbonyl (C=O) groups is 2. The van der Waals surface area contributed by atoms with Gasteiger partial charge in [0, 0.05) is 18.3 Å². The van der Waals surface area contributed by atoms with Crippen LogP contribution in [0.25, 0.3) is 0 Å². The molecule has 0 aromatic heterocycles. The molecule has 1 aromatic rings. The zero-order valence-corrected chi connectivity index (χ0v) is 12.4. The number of nitrogen functional groups attached to an aromatic ring is 1. The van der Waals surface area contributed by atoms with Crippen LogP contribution < -0.4 is 5.73 Å². The van der Waals surface area contributed by atoms with Gasteiger partial charge >= 0.3 is 0 Å². The number of rotatable bonds is 2. The number of carbonyl (C=O) groups excluding carboxylic acids is 2. The number of benzene rings is 1. The zero-order chi connectivity index (χ0) is 15.2. The number of ether oxygens (including phenoxy) is 1. The van der Waals surface area contributed by atoms with E-state index in [0.717, 1.165) is 6.42 Å².